The third-order valence-electron chi connectivity index (χ3n) is 3.06. The normalized spacial score (nSPS) is 14.3. The van der Waals surface area contributed by atoms with E-state index in [2.05, 4.69) is 5.32 Å². The number of anilines is 1. The molecule has 0 aromatic heterocycles. The average molecular weight is 274 g/mol. The van der Waals surface area contributed by atoms with Crippen LogP contribution in [-0.4, -0.2) is 12.6 Å². The van der Waals surface area contributed by atoms with E-state index in [1.54, 1.807) is 6.07 Å². The van der Waals surface area contributed by atoms with Crippen molar-refractivity contribution < 1.29 is 13.2 Å². The molecule has 1 aromatic rings. The molecule has 1 aromatic carbocycles. The maximum Gasteiger partial charge on any atom is 0.418 e. The number of rotatable bonds is 4. The highest BCUT2D eigenvalue weighted by Crippen LogP contribution is 2.36. The summed E-state index contributed by atoms with van der Waals surface area (Å²) >= 11 is 0. The van der Waals surface area contributed by atoms with Gasteiger partial charge < -0.3 is 11.1 Å². The number of nitrogens with two attached hydrogens (primary N) is 1. The second-order valence-corrected chi connectivity index (χ2v) is 5.68. The number of hydrogen-bond donors (Lipinski definition) is 2. The molecule has 0 amide bonds. The molecule has 1 unspecified atom stereocenters. The number of para-hydroxylation sites is 1. The van der Waals surface area contributed by atoms with Crippen LogP contribution >= 0.6 is 0 Å². The zero-order valence-corrected chi connectivity index (χ0v) is 11.5. The second-order valence-electron chi connectivity index (χ2n) is 5.68. The molecule has 3 N–H and O–H groups in total. The zero-order valence-electron chi connectivity index (χ0n) is 11.5. The minimum Gasteiger partial charge on any atom is -0.381 e. The highest BCUT2D eigenvalue weighted by atomic mass is 19.4. The summed E-state index contributed by atoms with van der Waals surface area (Å²) in [5.41, 5.74) is 4.85. The summed E-state index contributed by atoms with van der Waals surface area (Å²) in [5, 5.41) is 3.00. The van der Waals surface area contributed by atoms with Gasteiger partial charge in [0.15, 0.2) is 0 Å². The topological polar surface area (TPSA) is 38.0 Å². The Hall–Kier alpha value is -1.23. The summed E-state index contributed by atoms with van der Waals surface area (Å²) < 4.78 is 38.7. The number of benzene rings is 1. The molecule has 0 aliphatic rings. The highest BCUT2D eigenvalue weighted by molar-refractivity contribution is 5.53. The molecule has 1 atom stereocenters. The van der Waals surface area contributed by atoms with Crippen LogP contribution in [0.2, 0.25) is 0 Å². The average Bonchev–Trinajstić information content (AvgIpc) is 2.26. The van der Waals surface area contributed by atoms with Crippen LogP contribution in [0.1, 0.15) is 32.8 Å². The SMILES string of the molecule is CC(C)(C)C(CCN)Nc1ccccc1C(F)(F)F. The van der Waals surface area contributed by atoms with Gasteiger partial charge in [-0.05, 0) is 30.5 Å². The molecule has 19 heavy (non-hydrogen) atoms. The van der Waals surface area contributed by atoms with Crippen molar-refractivity contribution >= 4 is 5.69 Å². The number of nitrogens with one attached hydrogen (secondary N) is 1. The Morgan fingerprint density at radius 1 is 1.16 bits per heavy atom. The lowest BCUT2D eigenvalue weighted by atomic mass is 9.84. The standard InChI is InChI=1S/C14H21F3N2/c1-13(2,3)12(8-9-18)19-11-7-5-4-6-10(11)14(15,16)17/h4-7,12,19H,8-9,18H2,1-3H3. The summed E-state index contributed by atoms with van der Waals surface area (Å²) in [6, 6.07) is 5.42. The number of halogens is 3. The largest absolute Gasteiger partial charge is 0.418 e. The van der Waals surface area contributed by atoms with Crippen molar-refractivity contribution in [1.29, 1.82) is 0 Å². The van der Waals surface area contributed by atoms with E-state index in [-0.39, 0.29) is 17.1 Å². The zero-order chi connectivity index (χ0) is 14.7. The van der Waals surface area contributed by atoms with Crippen LogP contribution in [0, 0.1) is 5.41 Å². The smallest absolute Gasteiger partial charge is 0.381 e. The first kappa shape index (κ1) is 15.8. The molecule has 0 bridgehead atoms. The van der Waals surface area contributed by atoms with Crippen molar-refractivity contribution in [1.82, 2.24) is 0 Å². The molecule has 0 spiro atoms. The van der Waals surface area contributed by atoms with Crippen molar-refractivity contribution in [3.05, 3.63) is 29.8 Å². The van der Waals surface area contributed by atoms with E-state index < -0.39 is 11.7 Å². The van der Waals surface area contributed by atoms with E-state index in [1.165, 1.54) is 12.1 Å². The molecule has 108 valence electrons. The van der Waals surface area contributed by atoms with Gasteiger partial charge in [0, 0.05) is 11.7 Å². The van der Waals surface area contributed by atoms with E-state index in [1.807, 2.05) is 20.8 Å². The highest BCUT2D eigenvalue weighted by Gasteiger charge is 2.34. The van der Waals surface area contributed by atoms with E-state index in [4.69, 9.17) is 5.73 Å². The van der Waals surface area contributed by atoms with Crippen LogP contribution in [0.25, 0.3) is 0 Å². The Balaban J connectivity index is 3.04. The van der Waals surface area contributed by atoms with Gasteiger partial charge in [-0.2, -0.15) is 13.2 Å². The maximum atomic E-state index is 12.9. The van der Waals surface area contributed by atoms with Gasteiger partial charge in [-0.15, -0.1) is 0 Å². The molecule has 2 nitrogen and oxygen atoms in total. The first-order valence-electron chi connectivity index (χ1n) is 6.29. The van der Waals surface area contributed by atoms with Crippen molar-refractivity contribution in [2.45, 2.75) is 39.4 Å². The Morgan fingerprint density at radius 3 is 2.21 bits per heavy atom. The molecular formula is C14H21F3N2. The Kier molecular flexibility index (Phi) is 4.85. The van der Waals surface area contributed by atoms with E-state index >= 15 is 0 Å². The minimum absolute atomic E-state index is 0.110. The summed E-state index contributed by atoms with van der Waals surface area (Å²) in [6.07, 6.45) is -3.73. The first-order valence-corrected chi connectivity index (χ1v) is 6.29. The molecule has 0 saturated heterocycles. The quantitative estimate of drug-likeness (QED) is 0.874. The Bertz CT molecular complexity index is 408. The minimum atomic E-state index is -4.35. The predicted octanol–water partition coefficient (Wildman–Crippen LogP) is 3.88. The molecule has 1 rings (SSSR count). The fourth-order valence-electron chi connectivity index (χ4n) is 1.93. The second kappa shape index (κ2) is 5.82. The van der Waals surface area contributed by atoms with Gasteiger partial charge >= 0.3 is 6.18 Å². The van der Waals surface area contributed by atoms with Gasteiger partial charge in [-0.1, -0.05) is 32.9 Å². The van der Waals surface area contributed by atoms with Crippen molar-refractivity contribution in [2.75, 3.05) is 11.9 Å². The number of alkyl halides is 3. The molecular weight excluding hydrogens is 253 g/mol. The van der Waals surface area contributed by atoms with Gasteiger partial charge in [-0.3, -0.25) is 0 Å². The van der Waals surface area contributed by atoms with Crippen molar-refractivity contribution in [3.63, 3.8) is 0 Å². The van der Waals surface area contributed by atoms with Crippen LogP contribution in [0.3, 0.4) is 0 Å². The first-order chi connectivity index (χ1) is 8.66. The van der Waals surface area contributed by atoms with Gasteiger partial charge in [0.05, 0.1) is 5.56 Å². The van der Waals surface area contributed by atoms with Crippen LogP contribution in [0.15, 0.2) is 24.3 Å². The molecule has 0 radical (unpaired) electrons. The van der Waals surface area contributed by atoms with Crippen molar-refractivity contribution in [3.8, 4) is 0 Å². The predicted molar refractivity (Wildman–Crippen MR) is 72.0 cm³/mol. The summed E-state index contributed by atoms with van der Waals surface area (Å²) in [6.45, 7) is 6.38. The third kappa shape index (κ3) is 4.42. The number of hydrogen-bond acceptors (Lipinski definition) is 2. The monoisotopic (exact) mass is 274 g/mol. The van der Waals surface area contributed by atoms with Crippen LogP contribution in [0.5, 0.6) is 0 Å². The molecule has 0 heterocycles. The maximum absolute atomic E-state index is 12.9. The van der Waals surface area contributed by atoms with Crippen LogP contribution < -0.4 is 11.1 Å². The molecule has 0 fully saturated rings. The molecule has 0 aliphatic carbocycles. The molecule has 0 aliphatic heterocycles. The third-order valence-corrected chi connectivity index (χ3v) is 3.06. The summed E-state index contributed by atoms with van der Waals surface area (Å²) in [7, 11) is 0. The lowest BCUT2D eigenvalue weighted by molar-refractivity contribution is -0.137. The Labute approximate surface area is 112 Å². The fraction of sp³-hybridized carbons (Fsp3) is 0.571. The Morgan fingerprint density at radius 2 is 1.74 bits per heavy atom. The summed E-state index contributed by atoms with van der Waals surface area (Å²) in [5.74, 6) is 0. The van der Waals surface area contributed by atoms with Gasteiger partial charge in [0.2, 0.25) is 0 Å². The van der Waals surface area contributed by atoms with Crippen molar-refractivity contribution in [2.24, 2.45) is 11.1 Å². The van der Waals surface area contributed by atoms with Crippen LogP contribution in [0.4, 0.5) is 18.9 Å². The lowest BCUT2D eigenvalue weighted by Gasteiger charge is -2.33. The van der Waals surface area contributed by atoms with E-state index in [0.717, 1.165) is 6.07 Å². The molecule has 0 saturated carbocycles. The van der Waals surface area contributed by atoms with Crippen LogP contribution in [-0.2, 0) is 6.18 Å². The van der Waals surface area contributed by atoms with Gasteiger partial charge in [0.1, 0.15) is 0 Å². The van der Waals surface area contributed by atoms with E-state index in [0.29, 0.717) is 13.0 Å². The molecule has 5 heteroatoms. The van der Waals surface area contributed by atoms with Gasteiger partial charge in [0.25, 0.3) is 0 Å². The van der Waals surface area contributed by atoms with E-state index in [9.17, 15) is 13.2 Å². The fourth-order valence-corrected chi connectivity index (χ4v) is 1.93. The lowest BCUT2D eigenvalue weighted by Crippen LogP contribution is -2.36. The summed E-state index contributed by atoms with van der Waals surface area (Å²) in [4.78, 5) is 0. The van der Waals surface area contributed by atoms with Gasteiger partial charge in [-0.25, -0.2) is 0 Å².